The average Bonchev–Trinajstić information content (AvgIpc) is 3.38. The Morgan fingerprint density at radius 3 is 2.39 bits per heavy atom. The summed E-state index contributed by atoms with van der Waals surface area (Å²) in [6.07, 6.45) is 3.69. The number of hydrogen-bond acceptors (Lipinski definition) is 5. The molecule has 0 amide bonds. The van der Waals surface area contributed by atoms with Gasteiger partial charge < -0.3 is 29.9 Å². The molecular formula is C28H30N2O6. The first-order valence-corrected chi connectivity index (χ1v) is 11.9. The maximum Gasteiger partial charge on any atom is 0.414 e. The van der Waals surface area contributed by atoms with E-state index in [-0.39, 0.29) is 0 Å². The Morgan fingerprint density at radius 1 is 0.944 bits per heavy atom. The predicted octanol–water partition coefficient (Wildman–Crippen LogP) is 4.10. The number of carboxylic acids is 2. The number of carboxylic acid groups (broad SMARTS) is 2. The third kappa shape index (κ3) is 6.41. The van der Waals surface area contributed by atoms with Crippen molar-refractivity contribution in [3.8, 4) is 5.75 Å². The second-order valence-corrected chi connectivity index (χ2v) is 8.95. The fraction of sp³-hybridized carbons (Fsp3) is 0.286. The van der Waals surface area contributed by atoms with Crippen molar-refractivity contribution in [2.45, 2.75) is 24.9 Å². The number of carbonyl (C=O) groups is 2. The number of fused-ring (bicyclic) bond motifs is 2. The maximum atomic E-state index is 10.5. The van der Waals surface area contributed by atoms with Gasteiger partial charge in [0.2, 0.25) is 0 Å². The van der Waals surface area contributed by atoms with Crippen molar-refractivity contribution in [1.29, 1.82) is 0 Å². The number of piperidine rings is 1. The highest BCUT2D eigenvalue weighted by molar-refractivity contribution is 6.27. The molecule has 4 aromatic rings. The second kappa shape index (κ2) is 11.7. The van der Waals surface area contributed by atoms with Crippen LogP contribution in [0.2, 0.25) is 0 Å². The fourth-order valence-corrected chi connectivity index (χ4v) is 4.63. The van der Waals surface area contributed by atoms with Crippen LogP contribution in [0.15, 0.2) is 72.9 Å². The quantitative estimate of drug-likeness (QED) is 0.300. The van der Waals surface area contributed by atoms with Crippen molar-refractivity contribution in [3.05, 3.63) is 78.5 Å². The molecule has 8 heteroatoms. The Hall–Kier alpha value is -3.88. The van der Waals surface area contributed by atoms with Crippen LogP contribution in [-0.2, 0) is 9.59 Å². The molecule has 3 aromatic carbocycles. The normalized spacial score (nSPS) is 15.2. The number of hydrogen-bond donors (Lipinski definition) is 4. The van der Waals surface area contributed by atoms with Gasteiger partial charge in [-0.15, -0.1) is 0 Å². The van der Waals surface area contributed by atoms with E-state index in [0.29, 0.717) is 19.1 Å². The van der Waals surface area contributed by atoms with Crippen LogP contribution >= 0.6 is 0 Å². The first-order chi connectivity index (χ1) is 17.4. The number of ether oxygens (including phenoxy) is 1. The number of aliphatic hydroxyl groups is 1. The molecule has 0 spiro atoms. The third-order valence-corrected chi connectivity index (χ3v) is 6.47. The summed E-state index contributed by atoms with van der Waals surface area (Å²) < 4.78 is 5.92. The molecule has 1 atom stereocenters. The molecule has 0 aliphatic carbocycles. The summed E-state index contributed by atoms with van der Waals surface area (Å²) in [5.41, 5.74) is 2.49. The predicted molar refractivity (Wildman–Crippen MR) is 137 cm³/mol. The molecule has 1 aliphatic heterocycles. The van der Waals surface area contributed by atoms with Gasteiger partial charge in [0.1, 0.15) is 18.5 Å². The maximum absolute atomic E-state index is 10.5. The largest absolute Gasteiger partial charge is 0.490 e. The number of benzene rings is 3. The number of nitrogens with zero attached hydrogens (tertiary/aromatic N) is 1. The number of β-amino-alcohol motifs (C(OH)–C–C–N with tert-alkyl or cyclic N) is 1. The highest BCUT2D eigenvalue weighted by Crippen LogP contribution is 2.30. The molecular weight excluding hydrogens is 460 g/mol. The van der Waals surface area contributed by atoms with Gasteiger partial charge in [-0.25, -0.2) is 9.59 Å². The summed E-state index contributed by atoms with van der Waals surface area (Å²) in [6, 6.07) is 23.4. The molecule has 2 heterocycles. The van der Waals surface area contributed by atoms with E-state index >= 15 is 0 Å². The Balaban J connectivity index is 0.000000455. The second-order valence-electron chi connectivity index (χ2n) is 8.95. The van der Waals surface area contributed by atoms with Crippen molar-refractivity contribution in [2.24, 2.45) is 0 Å². The number of aromatic amines is 1. The van der Waals surface area contributed by atoms with Gasteiger partial charge in [0.25, 0.3) is 0 Å². The molecule has 0 unspecified atom stereocenters. The zero-order valence-electron chi connectivity index (χ0n) is 19.8. The van der Waals surface area contributed by atoms with Gasteiger partial charge in [0.15, 0.2) is 0 Å². The highest BCUT2D eigenvalue weighted by Gasteiger charge is 2.22. The van der Waals surface area contributed by atoms with E-state index in [1.165, 1.54) is 16.3 Å². The minimum atomic E-state index is -1.82. The Morgan fingerprint density at radius 2 is 1.67 bits per heavy atom. The van der Waals surface area contributed by atoms with Gasteiger partial charge in [-0.1, -0.05) is 48.5 Å². The van der Waals surface area contributed by atoms with Gasteiger partial charge in [-0.2, -0.15) is 0 Å². The number of aliphatic hydroxyl groups excluding tert-OH is 1. The Kier molecular flexibility index (Phi) is 8.20. The van der Waals surface area contributed by atoms with Gasteiger partial charge >= 0.3 is 11.9 Å². The number of nitrogens with one attached hydrogen (secondary N) is 1. The third-order valence-electron chi connectivity index (χ3n) is 6.47. The molecule has 4 N–H and O–H groups in total. The molecule has 188 valence electrons. The van der Waals surface area contributed by atoms with Crippen LogP contribution in [0.4, 0.5) is 0 Å². The van der Waals surface area contributed by atoms with Crippen LogP contribution in [0.5, 0.6) is 5.75 Å². The smallest absolute Gasteiger partial charge is 0.414 e. The van der Waals surface area contributed by atoms with E-state index in [4.69, 9.17) is 24.5 Å². The summed E-state index contributed by atoms with van der Waals surface area (Å²) >= 11 is 0. The number of rotatable bonds is 6. The molecule has 0 bridgehead atoms. The molecule has 1 aromatic heterocycles. The molecule has 1 aliphatic rings. The Bertz CT molecular complexity index is 1310. The lowest BCUT2D eigenvalue weighted by atomic mass is 9.88. The van der Waals surface area contributed by atoms with E-state index in [1.807, 2.05) is 30.5 Å². The standard InChI is InChI=1S/C26H28N2O2.C2H2O4/c29-23(18-30-26-7-3-6-25-24(26)10-13-27-25)17-28-14-11-20(12-15-28)22-9-8-19-4-1-2-5-21(19)16-22;3-1(4)2(5)6/h1-10,13,16,20,23,27,29H,11-12,14-15,17-18H2;(H,3,4)(H,5,6)/t23-;/m0./s1. The first-order valence-electron chi connectivity index (χ1n) is 11.9. The number of aliphatic carboxylic acids is 2. The number of H-pyrrole nitrogens is 1. The van der Waals surface area contributed by atoms with E-state index in [0.717, 1.165) is 42.6 Å². The summed E-state index contributed by atoms with van der Waals surface area (Å²) in [5.74, 6) is -2.22. The number of aromatic nitrogens is 1. The minimum Gasteiger partial charge on any atom is -0.490 e. The lowest BCUT2D eigenvalue weighted by Gasteiger charge is -2.33. The van der Waals surface area contributed by atoms with Crippen molar-refractivity contribution >= 4 is 33.6 Å². The van der Waals surface area contributed by atoms with Gasteiger partial charge in [-0.3, -0.25) is 0 Å². The Labute approximate surface area is 208 Å². The van der Waals surface area contributed by atoms with Crippen molar-refractivity contribution in [2.75, 3.05) is 26.2 Å². The van der Waals surface area contributed by atoms with Gasteiger partial charge in [-0.05, 0) is 66.4 Å². The molecule has 1 saturated heterocycles. The van der Waals surface area contributed by atoms with Crippen LogP contribution < -0.4 is 4.74 Å². The van der Waals surface area contributed by atoms with E-state index in [2.05, 4.69) is 52.3 Å². The van der Waals surface area contributed by atoms with Crippen molar-refractivity contribution < 1.29 is 29.6 Å². The van der Waals surface area contributed by atoms with Crippen LogP contribution in [0, 0.1) is 0 Å². The molecule has 0 saturated carbocycles. The summed E-state index contributed by atoms with van der Waals surface area (Å²) in [5, 5.41) is 29.0. The zero-order chi connectivity index (χ0) is 25.5. The van der Waals surface area contributed by atoms with E-state index < -0.39 is 18.0 Å². The summed E-state index contributed by atoms with van der Waals surface area (Å²) in [4.78, 5) is 23.8. The zero-order valence-corrected chi connectivity index (χ0v) is 19.8. The molecule has 0 radical (unpaired) electrons. The van der Waals surface area contributed by atoms with Gasteiger partial charge in [0.05, 0.1) is 0 Å². The van der Waals surface area contributed by atoms with E-state index in [9.17, 15) is 5.11 Å². The summed E-state index contributed by atoms with van der Waals surface area (Å²) in [6.45, 7) is 3.01. The minimum absolute atomic E-state index is 0.314. The van der Waals surface area contributed by atoms with Crippen LogP contribution in [0.3, 0.4) is 0 Å². The van der Waals surface area contributed by atoms with E-state index in [1.54, 1.807) is 0 Å². The lowest BCUT2D eigenvalue weighted by molar-refractivity contribution is -0.159. The van der Waals surface area contributed by atoms with Crippen molar-refractivity contribution in [3.63, 3.8) is 0 Å². The highest BCUT2D eigenvalue weighted by atomic mass is 16.5. The molecule has 1 fully saturated rings. The van der Waals surface area contributed by atoms with Crippen molar-refractivity contribution in [1.82, 2.24) is 9.88 Å². The first kappa shape index (κ1) is 25.2. The lowest BCUT2D eigenvalue weighted by Crippen LogP contribution is -2.40. The topological polar surface area (TPSA) is 123 Å². The molecule has 36 heavy (non-hydrogen) atoms. The number of likely N-dealkylation sites (tertiary alicyclic amines) is 1. The SMILES string of the molecule is O=C(O)C(=O)O.O[C@H](COc1cccc2[nH]ccc12)CN1CCC(c2ccc3ccccc3c2)CC1. The molecule has 5 rings (SSSR count). The summed E-state index contributed by atoms with van der Waals surface area (Å²) in [7, 11) is 0. The van der Waals surface area contributed by atoms with Gasteiger partial charge in [0, 0.05) is 23.6 Å². The average molecular weight is 491 g/mol. The monoisotopic (exact) mass is 490 g/mol. The molecule has 8 nitrogen and oxygen atoms in total. The van der Waals surface area contributed by atoms with Crippen LogP contribution in [-0.4, -0.2) is 69.5 Å². The van der Waals surface area contributed by atoms with Crippen LogP contribution in [0.25, 0.3) is 21.7 Å². The van der Waals surface area contributed by atoms with Crippen LogP contribution in [0.1, 0.15) is 24.3 Å². The fourth-order valence-electron chi connectivity index (χ4n) is 4.63.